The topological polar surface area (TPSA) is 61.6 Å². The first kappa shape index (κ1) is 16.2. The van der Waals surface area contributed by atoms with Crippen LogP contribution in [0, 0.1) is 10.1 Å². The molecular formula is C14H27NO4. The van der Waals surface area contributed by atoms with Crippen molar-refractivity contribution in [2.24, 2.45) is 0 Å². The van der Waals surface area contributed by atoms with Crippen molar-refractivity contribution in [1.82, 2.24) is 0 Å². The first-order chi connectivity index (χ1) is 9.22. The number of ether oxygens (including phenoxy) is 1. The van der Waals surface area contributed by atoms with Crippen LogP contribution in [0.15, 0.2) is 0 Å². The maximum Gasteiger partial charge on any atom is 0.294 e. The molecule has 5 heteroatoms. The van der Waals surface area contributed by atoms with Crippen LogP contribution in [-0.2, 0) is 9.57 Å². The van der Waals surface area contributed by atoms with Gasteiger partial charge in [0, 0.05) is 6.61 Å². The number of nitrogens with zero attached hydrogens (tertiary/aromatic N) is 1. The molecule has 1 aliphatic rings. The van der Waals surface area contributed by atoms with Crippen molar-refractivity contribution in [3.8, 4) is 0 Å². The summed E-state index contributed by atoms with van der Waals surface area (Å²) in [5, 5.41) is 9.86. The summed E-state index contributed by atoms with van der Waals surface area (Å²) in [6, 6.07) is 0. The maximum absolute atomic E-state index is 10.5. The molecule has 0 N–H and O–H groups in total. The predicted octanol–water partition coefficient (Wildman–Crippen LogP) is 3.88. The molecule has 2 unspecified atom stereocenters. The molecule has 5 nitrogen and oxygen atoms in total. The fourth-order valence-electron chi connectivity index (χ4n) is 2.74. The summed E-state index contributed by atoms with van der Waals surface area (Å²) in [5.74, 6) is 0. The number of hydrogen-bond donors (Lipinski definition) is 0. The molecule has 0 heterocycles. The smallest absolute Gasteiger partial charge is 0.294 e. The van der Waals surface area contributed by atoms with E-state index in [-0.39, 0.29) is 12.2 Å². The Morgan fingerprint density at radius 2 is 1.47 bits per heavy atom. The molecule has 0 saturated heterocycles. The summed E-state index contributed by atoms with van der Waals surface area (Å²) in [4.78, 5) is 15.3. The van der Waals surface area contributed by atoms with E-state index in [0.29, 0.717) is 6.61 Å². The molecule has 1 fully saturated rings. The van der Waals surface area contributed by atoms with E-state index in [4.69, 9.17) is 9.57 Å². The minimum Gasteiger partial charge on any atom is -0.379 e. The van der Waals surface area contributed by atoms with Crippen LogP contribution in [0.25, 0.3) is 0 Å². The van der Waals surface area contributed by atoms with Crippen molar-refractivity contribution in [3.63, 3.8) is 0 Å². The highest BCUT2D eigenvalue weighted by Gasteiger charge is 2.17. The lowest BCUT2D eigenvalue weighted by Gasteiger charge is -2.21. The second kappa shape index (κ2) is 10.0. The Hall–Kier alpha value is -0.840. The SMILES string of the molecule is CCOC1CCCCCCCCC(O[N+](=O)[O-])CC1. The van der Waals surface area contributed by atoms with Gasteiger partial charge < -0.3 is 9.57 Å². The lowest BCUT2D eigenvalue weighted by atomic mass is 9.98. The van der Waals surface area contributed by atoms with Crippen molar-refractivity contribution in [2.45, 2.75) is 83.3 Å². The van der Waals surface area contributed by atoms with Crippen LogP contribution in [-0.4, -0.2) is 23.9 Å². The molecule has 19 heavy (non-hydrogen) atoms. The lowest BCUT2D eigenvalue weighted by Crippen LogP contribution is -2.21. The van der Waals surface area contributed by atoms with Crippen LogP contribution in [0.3, 0.4) is 0 Å². The molecule has 0 spiro atoms. The molecule has 1 rings (SSSR count). The summed E-state index contributed by atoms with van der Waals surface area (Å²) >= 11 is 0. The average molecular weight is 273 g/mol. The van der Waals surface area contributed by atoms with Crippen molar-refractivity contribution in [1.29, 1.82) is 0 Å². The highest BCUT2D eigenvalue weighted by molar-refractivity contribution is 4.66. The molecule has 1 aliphatic carbocycles. The Bertz CT molecular complexity index is 248. The van der Waals surface area contributed by atoms with E-state index in [1.165, 1.54) is 25.7 Å². The first-order valence-corrected chi connectivity index (χ1v) is 7.65. The van der Waals surface area contributed by atoms with Crippen LogP contribution in [0.5, 0.6) is 0 Å². The Morgan fingerprint density at radius 1 is 0.947 bits per heavy atom. The summed E-state index contributed by atoms with van der Waals surface area (Å²) in [6.07, 6.45) is 10.6. The predicted molar refractivity (Wildman–Crippen MR) is 73.5 cm³/mol. The zero-order chi connectivity index (χ0) is 13.9. The van der Waals surface area contributed by atoms with Gasteiger partial charge in [0.25, 0.3) is 5.09 Å². The molecule has 0 aliphatic heterocycles. The van der Waals surface area contributed by atoms with Gasteiger partial charge in [0.2, 0.25) is 0 Å². The summed E-state index contributed by atoms with van der Waals surface area (Å²) < 4.78 is 5.71. The monoisotopic (exact) mass is 273 g/mol. The lowest BCUT2D eigenvalue weighted by molar-refractivity contribution is -0.769. The van der Waals surface area contributed by atoms with Gasteiger partial charge in [-0.15, -0.1) is 10.1 Å². The Labute approximate surface area is 115 Å². The second-order valence-corrected chi connectivity index (χ2v) is 5.30. The van der Waals surface area contributed by atoms with Gasteiger partial charge in [0.15, 0.2) is 0 Å². The second-order valence-electron chi connectivity index (χ2n) is 5.30. The van der Waals surface area contributed by atoms with Crippen LogP contribution in [0.2, 0.25) is 0 Å². The molecule has 0 aromatic rings. The summed E-state index contributed by atoms with van der Waals surface area (Å²) in [5.41, 5.74) is 0. The van der Waals surface area contributed by atoms with Crippen LogP contribution in [0.4, 0.5) is 0 Å². The van der Waals surface area contributed by atoms with Crippen molar-refractivity contribution < 1.29 is 14.7 Å². The van der Waals surface area contributed by atoms with Gasteiger partial charge in [-0.05, 0) is 32.6 Å². The third-order valence-electron chi connectivity index (χ3n) is 3.75. The molecule has 0 amide bonds. The maximum atomic E-state index is 10.5. The van der Waals surface area contributed by atoms with E-state index in [0.717, 1.165) is 38.5 Å². The summed E-state index contributed by atoms with van der Waals surface area (Å²) in [6.45, 7) is 2.71. The largest absolute Gasteiger partial charge is 0.379 e. The van der Waals surface area contributed by atoms with Crippen LogP contribution >= 0.6 is 0 Å². The first-order valence-electron chi connectivity index (χ1n) is 7.65. The van der Waals surface area contributed by atoms with E-state index < -0.39 is 5.09 Å². The Morgan fingerprint density at radius 3 is 2.05 bits per heavy atom. The fourth-order valence-corrected chi connectivity index (χ4v) is 2.74. The van der Waals surface area contributed by atoms with Gasteiger partial charge in [-0.25, -0.2) is 0 Å². The quantitative estimate of drug-likeness (QED) is 0.576. The minimum absolute atomic E-state index is 0.238. The van der Waals surface area contributed by atoms with Gasteiger partial charge in [-0.2, -0.15) is 0 Å². The van der Waals surface area contributed by atoms with Gasteiger partial charge in [-0.1, -0.05) is 38.5 Å². The van der Waals surface area contributed by atoms with E-state index >= 15 is 0 Å². The molecule has 1 saturated carbocycles. The van der Waals surface area contributed by atoms with E-state index in [2.05, 4.69) is 0 Å². The third kappa shape index (κ3) is 8.03. The van der Waals surface area contributed by atoms with Gasteiger partial charge in [-0.3, -0.25) is 0 Å². The average Bonchev–Trinajstić information content (AvgIpc) is 2.35. The standard InChI is InChI=1S/C14H27NO4/c1-2-18-13-9-7-5-3-4-6-8-10-14(12-11-13)19-15(16)17/h13-14H,2-12H2,1H3. The van der Waals surface area contributed by atoms with Crippen LogP contribution < -0.4 is 0 Å². The molecule has 0 aromatic carbocycles. The van der Waals surface area contributed by atoms with Gasteiger partial charge in [0.05, 0.1) is 6.10 Å². The molecular weight excluding hydrogens is 246 g/mol. The van der Waals surface area contributed by atoms with E-state index in [9.17, 15) is 10.1 Å². The Kier molecular flexibility index (Phi) is 8.54. The molecule has 112 valence electrons. The molecule has 0 bridgehead atoms. The third-order valence-corrected chi connectivity index (χ3v) is 3.75. The minimum atomic E-state index is -0.647. The highest BCUT2D eigenvalue weighted by Crippen LogP contribution is 2.20. The van der Waals surface area contributed by atoms with Crippen molar-refractivity contribution >= 4 is 0 Å². The fraction of sp³-hybridized carbons (Fsp3) is 1.00. The zero-order valence-corrected chi connectivity index (χ0v) is 12.0. The van der Waals surface area contributed by atoms with Gasteiger partial charge >= 0.3 is 0 Å². The molecule has 0 aromatic heterocycles. The number of hydrogen-bond acceptors (Lipinski definition) is 4. The molecule has 0 radical (unpaired) electrons. The summed E-state index contributed by atoms with van der Waals surface area (Å²) in [7, 11) is 0. The Balaban J connectivity index is 2.45. The van der Waals surface area contributed by atoms with E-state index in [1.54, 1.807) is 0 Å². The van der Waals surface area contributed by atoms with Crippen molar-refractivity contribution in [3.05, 3.63) is 10.1 Å². The zero-order valence-electron chi connectivity index (χ0n) is 12.0. The molecule has 2 atom stereocenters. The van der Waals surface area contributed by atoms with Crippen molar-refractivity contribution in [2.75, 3.05) is 6.61 Å². The highest BCUT2D eigenvalue weighted by atomic mass is 17.0. The van der Waals surface area contributed by atoms with E-state index in [1.807, 2.05) is 6.92 Å². The van der Waals surface area contributed by atoms with Crippen LogP contribution in [0.1, 0.15) is 71.1 Å². The number of rotatable bonds is 4. The normalized spacial score (nSPS) is 27.0. The van der Waals surface area contributed by atoms with Gasteiger partial charge in [0.1, 0.15) is 6.10 Å².